The van der Waals surface area contributed by atoms with Gasteiger partial charge in [0.05, 0.1) is 5.92 Å². The molecule has 128 valence electrons. The maximum atomic E-state index is 12.1. The molecule has 4 N–H and O–H groups in total. The molecule has 5 nitrogen and oxygen atoms in total. The van der Waals surface area contributed by atoms with E-state index in [-0.39, 0.29) is 17.7 Å². The first-order chi connectivity index (χ1) is 10.9. The summed E-state index contributed by atoms with van der Waals surface area (Å²) in [6.45, 7) is 10.5. The average Bonchev–Trinajstić information content (AvgIpc) is 2.53. The smallest absolute Gasteiger partial charge is 0.226 e. The van der Waals surface area contributed by atoms with Crippen LogP contribution in [0.25, 0.3) is 0 Å². The van der Waals surface area contributed by atoms with Gasteiger partial charge in [-0.2, -0.15) is 0 Å². The van der Waals surface area contributed by atoms with Crippen LogP contribution in [0.15, 0.2) is 12.1 Å². The van der Waals surface area contributed by atoms with Crippen LogP contribution in [0.5, 0.6) is 5.75 Å². The number of nitrogens with zero attached hydrogens (tertiary/aromatic N) is 1. The van der Waals surface area contributed by atoms with E-state index < -0.39 is 0 Å². The molecule has 1 aromatic rings. The van der Waals surface area contributed by atoms with Gasteiger partial charge < -0.3 is 16.2 Å². The van der Waals surface area contributed by atoms with E-state index in [1.807, 2.05) is 26.8 Å². The number of primary amides is 1. The van der Waals surface area contributed by atoms with E-state index in [1.54, 1.807) is 6.07 Å². The van der Waals surface area contributed by atoms with Gasteiger partial charge in [-0.3, -0.25) is 9.69 Å². The number of hydrogen-bond donors (Lipinski definition) is 3. The second-order valence-corrected chi connectivity index (χ2v) is 6.62. The number of hydrogen-bond acceptors (Lipinski definition) is 4. The number of aromatic hydroxyl groups is 1. The molecule has 0 bridgehead atoms. The third-order valence-corrected chi connectivity index (χ3v) is 4.66. The van der Waals surface area contributed by atoms with E-state index in [1.165, 1.54) is 0 Å². The summed E-state index contributed by atoms with van der Waals surface area (Å²) in [5.41, 5.74) is 8.59. The van der Waals surface area contributed by atoms with Gasteiger partial charge in [-0.25, -0.2) is 0 Å². The van der Waals surface area contributed by atoms with Crippen LogP contribution in [0.1, 0.15) is 49.3 Å². The Morgan fingerprint density at radius 3 is 2.48 bits per heavy atom. The summed E-state index contributed by atoms with van der Waals surface area (Å²) in [5.74, 6) is -0.113. The van der Waals surface area contributed by atoms with Crippen LogP contribution >= 0.6 is 0 Å². The number of benzene rings is 1. The van der Waals surface area contributed by atoms with Crippen molar-refractivity contribution in [3.05, 3.63) is 28.8 Å². The van der Waals surface area contributed by atoms with E-state index in [9.17, 15) is 9.90 Å². The second-order valence-electron chi connectivity index (χ2n) is 6.62. The molecule has 1 atom stereocenters. The van der Waals surface area contributed by atoms with Crippen LogP contribution in [0, 0.1) is 0 Å². The van der Waals surface area contributed by atoms with Crippen molar-refractivity contribution in [1.82, 2.24) is 10.2 Å². The van der Waals surface area contributed by atoms with Crippen LogP contribution in [-0.4, -0.2) is 48.6 Å². The number of piperazine rings is 1. The summed E-state index contributed by atoms with van der Waals surface area (Å²) in [7, 11) is 0. The molecule has 1 aliphatic rings. The Labute approximate surface area is 138 Å². The molecule has 1 fully saturated rings. The predicted molar refractivity (Wildman–Crippen MR) is 92.8 cm³/mol. The minimum Gasteiger partial charge on any atom is -0.508 e. The first kappa shape index (κ1) is 17.8. The second kappa shape index (κ2) is 7.79. The summed E-state index contributed by atoms with van der Waals surface area (Å²) in [6.07, 6.45) is 0.770. The van der Waals surface area contributed by atoms with Crippen molar-refractivity contribution in [2.75, 3.05) is 32.7 Å². The topological polar surface area (TPSA) is 78.6 Å². The SMILES string of the molecule is CCc1cc(O)c(C(C)C)cc1C(CN1CCNCC1)C(N)=O. The van der Waals surface area contributed by atoms with Gasteiger partial charge in [0.2, 0.25) is 5.91 Å². The molecule has 0 aromatic heterocycles. The van der Waals surface area contributed by atoms with Crippen LogP contribution < -0.4 is 11.1 Å². The van der Waals surface area contributed by atoms with Crippen LogP contribution in [-0.2, 0) is 11.2 Å². The average molecular weight is 319 g/mol. The molecule has 5 heteroatoms. The van der Waals surface area contributed by atoms with Gasteiger partial charge in [0.25, 0.3) is 0 Å². The Hall–Kier alpha value is -1.59. The molecule has 1 amide bonds. The van der Waals surface area contributed by atoms with Crippen molar-refractivity contribution in [2.45, 2.75) is 39.0 Å². The van der Waals surface area contributed by atoms with E-state index >= 15 is 0 Å². The van der Waals surface area contributed by atoms with Crippen molar-refractivity contribution >= 4 is 5.91 Å². The van der Waals surface area contributed by atoms with E-state index in [0.29, 0.717) is 12.3 Å². The van der Waals surface area contributed by atoms with Crippen molar-refractivity contribution in [3.63, 3.8) is 0 Å². The van der Waals surface area contributed by atoms with Gasteiger partial charge >= 0.3 is 0 Å². The Morgan fingerprint density at radius 2 is 1.96 bits per heavy atom. The zero-order valence-electron chi connectivity index (χ0n) is 14.4. The highest BCUT2D eigenvalue weighted by molar-refractivity contribution is 5.83. The molecular weight excluding hydrogens is 290 g/mol. The lowest BCUT2D eigenvalue weighted by Gasteiger charge is -2.31. The summed E-state index contributed by atoms with van der Waals surface area (Å²) < 4.78 is 0. The Balaban J connectivity index is 2.36. The van der Waals surface area contributed by atoms with Crippen molar-refractivity contribution < 1.29 is 9.90 Å². The Kier molecular flexibility index (Phi) is 6.02. The number of nitrogens with two attached hydrogens (primary N) is 1. The van der Waals surface area contributed by atoms with Crippen LogP contribution in [0.3, 0.4) is 0 Å². The highest BCUT2D eigenvalue weighted by Gasteiger charge is 2.26. The number of nitrogens with one attached hydrogen (secondary N) is 1. The molecule has 0 spiro atoms. The minimum atomic E-state index is -0.332. The predicted octanol–water partition coefficient (Wildman–Crippen LogP) is 1.55. The van der Waals surface area contributed by atoms with Crippen LogP contribution in [0.2, 0.25) is 0 Å². The normalized spacial score (nSPS) is 17.4. The van der Waals surface area contributed by atoms with Crippen molar-refractivity contribution in [3.8, 4) is 5.75 Å². The van der Waals surface area contributed by atoms with Gasteiger partial charge in [-0.15, -0.1) is 0 Å². The van der Waals surface area contributed by atoms with Gasteiger partial charge in [-0.1, -0.05) is 26.8 Å². The number of phenols is 1. The fraction of sp³-hybridized carbons (Fsp3) is 0.611. The lowest BCUT2D eigenvalue weighted by Crippen LogP contribution is -2.46. The number of carbonyl (C=O) groups is 1. The van der Waals surface area contributed by atoms with E-state index in [2.05, 4.69) is 10.2 Å². The molecule has 0 aliphatic carbocycles. The molecule has 1 aromatic carbocycles. The summed E-state index contributed by atoms with van der Waals surface area (Å²) in [4.78, 5) is 14.4. The first-order valence-electron chi connectivity index (χ1n) is 8.52. The monoisotopic (exact) mass is 319 g/mol. The molecule has 2 rings (SSSR count). The van der Waals surface area contributed by atoms with E-state index in [0.717, 1.165) is 49.3 Å². The van der Waals surface area contributed by atoms with Gasteiger partial charge in [0.15, 0.2) is 0 Å². The van der Waals surface area contributed by atoms with Gasteiger partial charge in [-0.05, 0) is 35.1 Å². The lowest BCUT2D eigenvalue weighted by molar-refractivity contribution is -0.119. The zero-order valence-corrected chi connectivity index (χ0v) is 14.4. The lowest BCUT2D eigenvalue weighted by atomic mass is 9.87. The molecule has 1 heterocycles. The quantitative estimate of drug-likeness (QED) is 0.743. The maximum Gasteiger partial charge on any atom is 0.226 e. The fourth-order valence-electron chi connectivity index (χ4n) is 3.25. The van der Waals surface area contributed by atoms with Gasteiger partial charge in [0, 0.05) is 32.7 Å². The highest BCUT2D eigenvalue weighted by Crippen LogP contribution is 2.33. The molecular formula is C18H29N3O2. The third-order valence-electron chi connectivity index (χ3n) is 4.66. The summed E-state index contributed by atoms with van der Waals surface area (Å²) >= 11 is 0. The Morgan fingerprint density at radius 1 is 1.30 bits per heavy atom. The molecule has 1 saturated heterocycles. The highest BCUT2D eigenvalue weighted by atomic mass is 16.3. The molecule has 1 aliphatic heterocycles. The first-order valence-corrected chi connectivity index (χ1v) is 8.52. The van der Waals surface area contributed by atoms with E-state index in [4.69, 9.17) is 5.73 Å². The largest absolute Gasteiger partial charge is 0.508 e. The number of aryl methyl sites for hydroxylation is 1. The van der Waals surface area contributed by atoms with Gasteiger partial charge in [0.1, 0.15) is 5.75 Å². The Bertz CT molecular complexity index is 551. The number of carbonyl (C=O) groups excluding carboxylic acids is 1. The van der Waals surface area contributed by atoms with Crippen LogP contribution in [0.4, 0.5) is 0 Å². The summed E-state index contributed by atoms with van der Waals surface area (Å²) in [6, 6.07) is 3.79. The third kappa shape index (κ3) is 4.24. The molecule has 0 saturated carbocycles. The standard InChI is InChI=1S/C18H29N3O2/c1-4-13-9-17(22)14(12(2)3)10-15(13)16(18(19)23)11-21-7-5-20-6-8-21/h9-10,12,16,20,22H,4-8,11H2,1-3H3,(H2,19,23). The van der Waals surface area contributed by atoms with Crippen molar-refractivity contribution in [2.24, 2.45) is 5.73 Å². The maximum absolute atomic E-state index is 12.1. The molecule has 1 unspecified atom stereocenters. The number of rotatable bonds is 6. The zero-order chi connectivity index (χ0) is 17.0. The molecule has 23 heavy (non-hydrogen) atoms. The summed E-state index contributed by atoms with van der Waals surface area (Å²) in [5, 5.41) is 13.5. The number of amides is 1. The minimum absolute atomic E-state index is 0.201. The fourth-order valence-corrected chi connectivity index (χ4v) is 3.25. The van der Waals surface area contributed by atoms with Crippen molar-refractivity contribution in [1.29, 1.82) is 0 Å². The molecule has 0 radical (unpaired) electrons. The number of phenolic OH excluding ortho intramolecular Hbond substituents is 1.